The molecule has 0 rings (SSSR count). The third-order valence-electron chi connectivity index (χ3n) is 2.33. The van der Waals surface area contributed by atoms with Crippen LogP contribution in [0.2, 0.25) is 0 Å². The molecular formula is C10H25N2O5PPt. The van der Waals surface area contributed by atoms with Gasteiger partial charge >= 0.3 is 13.6 Å². The number of carbonyl (C=O) groups is 1. The average Bonchev–Trinajstić information content (AvgIpc) is 2.11. The van der Waals surface area contributed by atoms with E-state index in [9.17, 15) is 9.36 Å². The van der Waals surface area contributed by atoms with E-state index in [1.54, 1.807) is 0 Å². The molecule has 2 unspecified atom stereocenters. The van der Waals surface area contributed by atoms with Gasteiger partial charge < -0.3 is 26.4 Å². The fourth-order valence-corrected chi connectivity index (χ4v) is 1.42. The Bertz CT molecular complexity index is 284. The maximum absolute atomic E-state index is 9.76. The van der Waals surface area contributed by atoms with Gasteiger partial charge in [0.25, 0.3) is 0 Å². The quantitative estimate of drug-likeness (QED) is 0.354. The summed E-state index contributed by atoms with van der Waals surface area (Å²) in [5.74, 6) is -0.520. The SMILES string of the molecule is CC(C)C(N)C(N)C(C)C.O=C(O)CP(=O)(O)O.[Pt]. The van der Waals surface area contributed by atoms with Crippen molar-refractivity contribution in [2.24, 2.45) is 23.3 Å². The standard InChI is InChI=1S/C8H20N2.C2H5O5P.Pt/c1-5(2)7(9)8(10)6(3)4;3-2(4)1-8(5,6)7;/h5-8H,9-10H2,1-4H3;1H2,(H,3,4)(H2,5,6,7);. The number of rotatable bonds is 5. The Morgan fingerprint density at radius 3 is 1.37 bits per heavy atom. The maximum Gasteiger partial charge on any atom is 0.336 e. The van der Waals surface area contributed by atoms with E-state index in [0.717, 1.165) is 0 Å². The zero-order valence-electron chi connectivity index (χ0n) is 11.6. The van der Waals surface area contributed by atoms with E-state index in [4.69, 9.17) is 26.4 Å². The molecule has 7 nitrogen and oxygen atoms in total. The molecule has 0 aliphatic carbocycles. The molecule has 0 saturated carbocycles. The second-order valence-electron chi connectivity index (χ2n) is 4.86. The molecule has 0 bridgehead atoms. The summed E-state index contributed by atoms with van der Waals surface area (Å²) in [5, 5.41) is 7.76. The summed E-state index contributed by atoms with van der Waals surface area (Å²) in [4.78, 5) is 25.4. The zero-order valence-corrected chi connectivity index (χ0v) is 14.8. The average molecular weight is 479 g/mol. The van der Waals surface area contributed by atoms with Gasteiger partial charge in [0.15, 0.2) is 0 Å². The summed E-state index contributed by atoms with van der Waals surface area (Å²) < 4.78 is 9.76. The Morgan fingerprint density at radius 2 is 1.32 bits per heavy atom. The minimum atomic E-state index is -4.32. The molecule has 0 amide bonds. The summed E-state index contributed by atoms with van der Waals surface area (Å²) in [5.41, 5.74) is 11.7. The van der Waals surface area contributed by atoms with Gasteiger partial charge in [-0.1, -0.05) is 27.7 Å². The number of carboxylic acids is 1. The van der Waals surface area contributed by atoms with Crippen LogP contribution in [-0.2, 0) is 30.4 Å². The van der Waals surface area contributed by atoms with Gasteiger partial charge in [0.05, 0.1) is 0 Å². The molecule has 120 valence electrons. The van der Waals surface area contributed by atoms with E-state index in [0.29, 0.717) is 11.8 Å². The Kier molecular flexibility index (Phi) is 14.0. The summed E-state index contributed by atoms with van der Waals surface area (Å²) in [6.45, 7) is 8.42. The normalized spacial score (nSPS) is 14.2. The van der Waals surface area contributed by atoms with Gasteiger partial charge in [0, 0.05) is 33.1 Å². The van der Waals surface area contributed by atoms with Gasteiger partial charge in [-0.3, -0.25) is 9.36 Å². The van der Waals surface area contributed by atoms with Gasteiger partial charge in [0.1, 0.15) is 6.16 Å². The fraction of sp³-hybridized carbons (Fsp3) is 0.900. The molecule has 0 fully saturated rings. The molecule has 0 spiro atoms. The van der Waals surface area contributed by atoms with Crippen molar-refractivity contribution in [3.8, 4) is 0 Å². The van der Waals surface area contributed by atoms with Crippen LogP contribution in [0, 0.1) is 11.8 Å². The molecule has 0 aromatic heterocycles. The minimum Gasteiger partial charge on any atom is -0.481 e. The summed E-state index contributed by atoms with van der Waals surface area (Å²) in [7, 11) is -4.32. The molecule has 0 aliphatic heterocycles. The van der Waals surface area contributed by atoms with Crippen molar-refractivity contribution >= 4 is 13.6 Å². The van der Waals surface area contributed by atoms with Crippen LogP contribution < -0.4 is 11.5 Å². The molecular weight excluding hydrogens is 454 g/mol. The van der Waals surface area contributed by atoms with Gasteiger partial charge in [-0.25, -0.2) is 0 Å². The van der Waals surface area contributed by atoms with Crippen molar-refractivity contribution in [2.75, 3.05) is 6.16 Å². The first-order chi connectivity index (χ1) is 7.88. The predicted octanol–water partition coefficient (Wildman–Crippen LogP) is 0.199. The second kappa shape index (κ2) is 11.0. The molecule has 2 atom stereocenters. The van der Waals surface area contributed by atoms with Gasteiger partial charge in [-0.15, -0.1) is 0 Å². The maximum atomic E-state index is 9.76. The van der Waals surface area contributed by atoms with Crippen LogP contribution in [0.15, 0.2) is 0 Å². The smallest absolute Gasteiger partial charge is 0.336 e. The molecule has 0 aromatic rings. The van der Waals surface area contributed by atoms with Gasteiger partial charge in [0.2, 0.25) is 0 Å². The van der Waals surface area contributed by atoms with Crippen LogP contribution >= 0.6 is 7.60 Å². The van der Waals surface area contributed by atoms with E-state index in [1.807, 2.05) is 0 Å². The first-order valence-corrected chi connectivity index (χ1v) is 7.45. The van der Waals surface area contributed by atoms with E-state index in [1.165, 1.54) is 0 Å². The van der Waals surface area contributed by atoms with Crippen LogP contribution in [0.25, 0.3) is 0 Å². The van der Waals surface area contributed by atoms with E-state index >= 15 is 0 Å². The number of aliphatic carboxylic acids is 1. The summed E-state index contributed by atoms with van der Waals surface area (Å²) in [6.07, 6.45) is -1.09. The van der Waals surface area contributed by atoms with Crippen molar-refractivity contribution in [3.63, 3.8) is 0 Å². The van der Waals surface area contributed by atoms with Crippen molar-refractivity contribution in [3.05, 3.63) is 0 Å². The monoisotopic (exact) mass is 479 g/mol. The zero-order chi connectivity index (χ0) is 15.1. The topological polar surface area (TPSA) is 147 Å². The molecule has 0 saturated heterocycles. The second-order valence-corrected chi connectivity index (χ2v) is 6.50. The molecule has 0 aromatic carbocycles. The molecule has 19 heavy (non-hydrogen) atoms. The fourth-order valence-electron chi connectivity index (χ4n) is 1.07. The summed E-state index contributed by atoms with van der Waals surface area (Å²) >= 11 is 0. The molecule has 7 N–H and O–H groups in total. The molecule has 9 heteroatoms. The number of hydrogen-bond donors (Lipinski definition) is 5. The predicted molar refractivity (Wildman–Crippen MR) is 70.2 cm³/mol. The first kappa shape index (κ1) is 24.3. The Balaban J connectivity index is -0.000000262. The molecule has 0 heterocycles. The largest absolute Gasteiger partial charge is 0.481 e. The number of nitrogens with two attached hydrogens (primary N) is 2. The van der Waals surface area contributed by atoms with Crippen LogP contribution in [0.1, 0.15) is 27.7 Å². The first-order valence-electron chi connectivity index (χ1n) is 5.66. The minimum absolute atomic E-state index is 0. The van der Waals surface area contributed by atoms with E-state index in [2.05, 4.69) is 27.7 Å². The summed E-state index contributed by atoms with van der Waals surface area (Å²) in [6, 6.07) is 0.278. The van der Waals surface area contributed by atoms with Crippen LogP contribution in [0.3, 0.4) is 0 Å². The van der Waals surface area contributed by atoms with Crippen molar-refractivity contribution in [2.45, 2.75) is 39.8 Å². The number of carboxylic acid groups (broad SMARTS) is 1. The third kappa shape index (κ3) is 16.2. The van der Waals surface area contributed by atoms with Crippen LogP contribution in [-0.4, -0.2) is 39.1 Å². The Hall–Kier alpha value is 0.228. The van der Waals surface area contributed by atoms with Crippen LogP contribution in [0.4, 0.5) is 0 Å². The molecule has 0 radical (unpaired) electrons. The van der Waals surface area contributed by atoms with Crippen molar-refractivity contribution < 1.29 is 45.3 Å². The van der Waals surface area contributed by atoms with Crippen molar-refractivity contribution in [1.82, 2.24) is 0 Å². The Labute approximate surface area is 128 Å². The van der Waals surface area contributed by atoms with Gasteiger partial charge in [-0.2, -0.15) is 0 Å². The van der Waals surface area contributed by atoms with Crippen LogP contribution in [0.5, 0.6) is 0 Å². The van der Waals surface area contributed by atoms with Gasteiger partial charge in [-0.05, 0) is 11.8 Å². The molecule has 0 aliphatic rings. The number of hydrogen-bond acceptors (Lipinski definition) is 4. The third-order valence-corrected chi connectivity index (χ3v) is 3.01. The Morgan fingerprint density at radius 1 is 1.05 bits per heavy atom. The van der Waals surface area contributed by atoms with E-state index < -0.39 is 19.7 Å². The van der Waals surface area contributed by atoms with Crippen molar-refractivity contribution in [1.29, 1.82) is 0 Å². The van der Waals surface area contributed by atoms with E-state index in [-0.39, 0.29) is 33.1 Å².